The fraction of sp³-hybridized carbons (Fsp3) is 0.500. The molecule has 0 bridgehead atoms. The van der Waals surface area contributed by atoms with Crippen molar-refractivity contribution in [2.24, 2.45) is 0 Å². The summed E-state index contributed by atoms with van der Waals surface area (Å²) in [6.07, 6.45) is 2.29. The van der Waals surface area contributed by atoms with E-state index in [-0.39, 0.29) is 10.6 Å². The number of nitro benzene ring substituents is 1. The van der Waals surface area contributed by atoms with Crippen LogP contribution in [0.25, 0.3) is 0 Å². The number of rotatable bonds is 4. The molecule has 1 aliphatic carbocycles. The quantitative estimate of drug-likeness (QED) is 0.626. The van der Waals surface area contributed by atoms with Gasteiger partial charge in [0.25, 0.3) is 5.69 Å². The van der Waals surface area contributed by atoms with Gasteiger partial charge >= 0.3 is 0 Å². The molecule has 4 nitrogen and oxygen atoms in total. The van der Waals surface area contributed by atoms with Crippen LogP contribution in [-0.2, 0) is 0 Å². The molecule has 0 atom stereocenters. The lowest BCUT2D eigenvalue weighted by atomic mass is 9.76. The van der Waals surface area contributed by atoms with E-state index in [1.807, 2.05) is 12.1 Å². The molecule has 4 heteroatoms. The number of non-ortho nitro benzene ring substituents is 1. The molecule has 0 heterocycles. The van der Waals surface area contributed by atoms with Crippen LogP contribution in [0.2, 0.25) is 0 Å². The Morgan fingerprint density at radius 1 is 1.38 bits per heavy atom. The Morgan fingerprint density at radius 3 is 2.50 bits per heavy atom. The first kappa shape index (κ1) is 11.1. The fourth-order valence-corrected chi connectivity index (χ4v) is 2.21. The molecule has 1 aliphatic rings. The van der Waals surface area contributed by atoms with Gasteiger partial charge in [-0.05, 0) is 30.9 Å². The van der Waals surface area contributed by atoms with Gasteiger partial charge in [0.2, 0.25) is 0 Å². The van der Waals surface area contributed by atoms with Crippen LogP contribution in [0.3, 0.4) is 0 Å². The van der Waals surface area contributed by atoms with Crippen LogP contribution in [0.5, 0.6) is 0 Å². The maximum Gasteiger partial charge on any atom is 0.269 e. The van der Waals surface area contributed by atoms with Gasteiger partial charge in [0.1, 0.15) is 0 Å². The van der Waals surface area contributed by atoms with Gasteiger partial charge in [-0.25, -0.2) is 0 Å². The Labute approximate surface area is 94.8 Å². The van der Waals surface area contributed by atoms with Crippen LogP contribution in [0.4, 0.5) is 5.69 Å². The lowest BCUT2D eigenvalue weighted by molar-refractivity contribution is -0.384. The molecule has 1 aromatic rings. The van der Waals surface area contributed by atoms with Crippen LogP contribution in [0.1, 0.15) is 31.2 Å². The van der Waals surface area contributed by atoms with Gasteiger partial charge in [0, 0.05) is 18.2 Å². The van der Waals surface area contributed by atoms with Crippen LogP contribution >= 0.6 is 0 Å². The van der Waals surface area contributed by atoms with E-state index in [9.17, 15) is 10.1 Å². The van der Waals surface area contributed by atoms with Crippen molar-refractivity contribution < 1.29 is 4.92 Å². The minimum Gasteiger partial charge on any atom is -0.314 e. The molecule has 0 unspecified atom stereocenters. The van der Waals surface area contributed by atoms with E-state index in [2.05, 4.69) is 12.2 Å². The number of benzene rings is 1. The highest BCUT2D eigenvalue weighted by Crippen LogP contribution is 2.37. The van der Waals surface area contributed by atoms with Crippen LogP contribution in [0, 0.1) is 10.1 Å². The summed E-state index contributed by atoms with van der Waals surface area (Å²) >= 11 is 0. The van der Waals surface area contributed by atoms with Crippen molar-refractivity contribution in [2.75, 3.05) is 6.54 Å². The summed E-state index contributed by atoms with van der Waals surface area (Å²) in [5.74, 6) is 0.574. The summed E-state index contributed by atoms with van der Waals surface area (Å²) in [6.45, 7) is 3.12. The zero-order valence-electron chi connectivity index (χ0n) is 9.35. The van der Waals surface area contributed by atoms with Gasteiger partial charge in [-0.15, -0.1) is 0 Å². The van der Waals surface area contributed by atoms with Crippen molar-refractivity contribution in [3.63, 3.8) is 0 Å². The largest absolute Gasteiger partial charge is 0.314 e. The minimum absolute atomic E-state index is 0.173. The summed E-state index contributed by atoms with van der Waals surface area (Å²) in [7, 11) is 0. The SMILES string of the molecule is CCNC1CC(c2ccc([N+](=O)[O-])cc2)C1. The summed E-state index contributed by atoms with van der Waals surface area (Å²) in [5, 5.41) is 13.9. The molecule has 2 rings (SSSR count). The molecule has 1 saturated carbocycles. The molecule has 86 valence electrons. The molecule has 0 aliphatic heterocycles. The van der Waals surface area contributed by atoms with Gasteiger partial charge in [0.15, 0.2) is 0 Å². The smallest absolute Gasteiger partial charge is 0.269 e. The number of hydrogen-bond donors (Lipinski definition) is 1. The number of nitro groups is 1. The first-order valence-electron chi connectivity index (χ1n) is 5.68. The Balaban J connectivity index is 1.94. The highest BCUT2D eigenvalue weighted by Gasteiger charge is 2.29. The monoisotopic (exact) mass is 220 g/mol. The first-order chi connectivity index (χ1) is 7.70. The maximum absolute atomic E-state index is 10.5. The Morgan fingerprint density at radius 2 is 2.00 bits per heavy atom. The van der Waals surface area contributed by atoms with E-state index in [0.717, 1.165) is 19.4 Å². The number of nitrogens with zero attached hydrogens (tertiary/aromatic N) is 1. The van der Waals surface area contributed by atoms with E-state index >= 15 is 0 Å². The van der Waals surface area contributed by atoms with Crippen molar-refractivity contribution >= 4 is 5.69 Å². The Hall–Kier alpha value is -1.42. The van der Waals surface area contributed by atoms with E-state index < -0.39 is 0 Å². The zero-order valence-corrected chi connectivity index (χ0v) is 9.35. The molecule has 0 amide bonds. The third-order valence-corrected chi connectivity index (χ3v) is 3.21. The topological polar surface area (TPSA) is 55.2 Å². The van der Waals surface area contributed by atoms with Gasteiger partial charge in [-0.3, -0.25) is 10.1 Å². The highest BCUT2D eigenvalue weighted by molar-refractivity contribution is 5.35. The van der Waals surface area contributed by atoms with Crippen molar-refractivity contribution in [2.45, 2.75) is 31.7 Å². The van der Waals surface area contributed by atoms with Crippen molar-refractivity contribution in [1.82, 2.24) is 5.32 Å². The molecule has 0 saturated heterocycles. The standard InChI is InChI=1S/C12H16N2O2/c1-2-13-11-7-10(8-11)9-3-5-12(6-4-9)14(15)16/h3-6,10-11,13H,2,7-8H2,1H3. The van der Waals surface area contributed by atoms with Crippen molar-refractivity contribution in [3.05, 3.63) is 39.9 Å². The van der Waals surface area contributed by atoms with E-state index in [0.29, 0.717) is 12.0 Å². The molecule has 1 fully saturated rings. The fourth-order valence-electron chi connectivity index (χ4n) is 2.21. The molecule has 0 spiro atoms. The third-order valence-electron chi connectivity index (χ3n) is 3.21. The average Bonchev–Trinajstić information content (AvgIpc) is 2.23. The lowest BCUT2D eigenvalue weighted by Crippen LogP contribution is -2.39. The first-order valence-corrected chi connectivity index (χ1v) is 5.68. The minimum atomic E-state index is -0.355. The van der Waals surface area contributed by atoms with Gasteiger partial charge in [-0.2, -0.15) is 0 Å². The number of nitrogens with one attached hydrogen (secondary N) is 1. The summed E-state index contributed by atoms with van der Waals surface area (Å²) in [6, 6.07) is 7.58. The van der Waals surface area contributed by atoms with Gasteiger partial charge in [0.05, 0.1) is 4.92 Å². The summed E-state index contributed by atoms with van der Waals surface area (Å²) in [5.41, 5.74) is 1.39. The predicted octanol–water partition coefficient (Wildman–Crippen LogP) is 2.45. The molecule has 1 N–H and O–H groups in total. The van der Waals surface area contributed by atoms with Crippen molar-refractivity contribution in [3.8, 4) is 0 Å². The molecule has 16 heavy (non-hydrogen) atoms. The molecule has 0 radical (unpaired) electrons. The second-order valence-corrected chi connectivity index (χ2v) is 4.27. The second kappa shape index (κ2) is 4.61. The van der Waals surface area contributed by atoms with E-state index in [1.54, 1.807) is 12.1 Å². The highest BCUT2D eigenvalue weighted by atomic mass is 16.6. The predicted molar refractivity (Wildman–Crippen MR) is 62.5 cm³/mol. The van der Waals surface area contributed by atoms with E-state index in [1.165, 1.54) is 5.56 Å². The second-order valence-electron chi connectivity index (χ2n) is 4.27. The molecular formula is C12H16N2O2. The average molecular weight is 220 g/mol. The Kier molecular flexibility index (Phi) is 3.19. The maximum atomic E-state index is 10.5. The van der Waals surface area contributed by atoms with Crippen LogP contribution in [-0.4, -0.2) is 17.5 Å². The zero-order chi connectivity index (χ0) is 11.5. The third kappa shape index (κ3) is 2.22. The summed E-state index contributed by atoms with van der Waals surface area (Å²) in [4.78, 5) is 10.1. The normalized spacial score (nSPS) is 23.8. The summed E-state index contributed by atoms with van der Waals surface area (Å²) < 4.78 is 0. The Bertz CT molecular complexity index is 369. The molecule has 0 aromatic heterocycles. The molecule has 1 aromatic carbocycles. The van der Waals surface area contributed by atoms with Gasteiger partial charge < -0.3 is 5.32 Å². The number of hydrogen-bond acceptors (Lipinski definition) is 3. The van der Waals surface area contributed by atoms with E-state index in [4.69, 9.17) is 0 Å². The van der Waals surface area contributed by atoms with Crippen molar-refractivity contribution in [1.29, 1.82) is 0 Å². The van der Waals surface area contributed by atoms with Crippen LogP contribution < -0.4 is 5.32 Å². The van der Waals surface area contributed by atoms with Crippen LogP contribution in [0.15, 0.2) is 24.3 Å². The van der Waals surface area contributed by atoms with Gasteiger partial charge in [-0.1, -0.05) is 19.1 Å². The lowest BCUT2D eigenvalue weighted by Gasteiger charge is -2.36. The molecular weight excluding hydrogens is 204 g/mol.